The number of aromatic carboxylic acids is 1. The smallest absolute Gasteiger partial charge is 0.345 e. The molecule has 0 unspecified atom stereocenters. The summed E-state index contributed by atoms with van der Waals surface area (Å²) in [4.78, 5) is 11.6. The fourth-order valence-corrected chi connectivity index (χ4v) is 4.03. The minimum atomic E-state index is -0.889. The Hall–Kier alpha value is -3.05. The number of carboxylic acid groups (broad SMARTS) is 1. The van der Waals surface area contributed by atoms with Crippen LogP contribution in [0.1, 0.15) is 26.4 Å². The molecule has 0 spiro atoms. The lowest BCUT2D eigenvalue weighted by atomic mass is 10.1. The van der Waals surface area contributed by atoms with Crippen LogP contribution in [0.25, 0.3) is 15.9 Å². The zero-order valence-electron chi connectivity index (χ0n) is 15.2. The highest BCUT2D eigenvalue weighted by molar-refractivity contribution is 7.16. The van der Waals surface area contributed by atoms with Gasteiger partial charge in [-0.3, -0.25) is 0 Å². The number of hydrogen-bond donors (Lipinski definition) is 2. The molecule has 0 aliphatic rings. The van der Waals surface area contributed by atoms with Crippen LogP contribution in [0, 0.1) is 13.8 Å². The Morgan fingerprint density at radius 3 is 2.63 bits per heavy atom. The van der Waals surface area contributed by atoms with E-state index in [0.29, 0.717) is 11.4 Å². The van der Waals surface area contributed by atoms with E-state index >= 15 is 0 Å². The van der Waals surface area contributed by atoms with Crippen molar-refractivity contribution in [3.8, 4) is 5.00 Å². The summed E-state index contributed by atoms with van der Waals surface area (Å²) >= 11 is 1.28. The largest absolute Gasteiger partial charge is 0.477 e. The summed E-state index contributed by atoms with van der Waals surface area (Å²) in [6, 6.07) is 18.1. The first-order chi connectivity index (χ1) is 13.0. The number of carbonyl (C=O) groups is 1. The molecule has 2 aromatic carbocycles. The Balaban J connectivity index is 1.68. The Bertz CT molecular complexity index is 1140. The van der Waals surface area contributed by atoms with Crippen LogP contribution in [-0.4, -0.2) is 15.6 Å². The number of thiophene rings is 1. The number of carboxylic acids is 1. The predicted octanol–water partition coefficient (Wildman–Crippen LogP) is 5.62. The van der Waals surface area contributed by atoms with Crippen molar-refractivity contribution in [2.24, 2.45) is 0 Å². The Morgan fingerprint density at radius 1 is 1.07 bits per heavy atom. The second-order valence-electron chi connectivity index (χ2n) is 6.64. The molecule has 5 heteroatoms. The van der Waals surface area contributed by atoms with Crippen molar-refractivity contribution in [1.82, 2.24) is 4.57 Å². The number of anilines is 1. The van der Waals surface area contributed by atoms with Gasteiger partial charge in [0.05, 0.1) is 5.52 Å². The third-order valence-corrected chi connectivity index (χ3v) is 5.90. The molecule has 0 radical (unpaired) electrons. The number of benzene rings is 2. The minimum Gasteiger partial charge on any atom is -0.477 e. The molecule has 0 bridgehead atoms. The maximum absolute atomic E-state index is 11.2. The van der Waals surface area contributed by atoms with Gasteiger partial charge in [-0.15, -0.1) is 11.3 Å². The van der Waals surface area contributed by atoms with Gasteiger partial charge in [0.15, 0.2) is 0 Å². The van der Waals surface area contributed by atoms with E-state index in [1.807, 2.05) is 18.2 Å². The van der Waals surface area contributed by atoms with Gasteiger partial charge in [-0.1, -0.05) is 24.3 Å². The van der Waals surface area contributed by atoms with E-state index in [0.717, 1.165) is 16.2 Å². The number of aryl methyl sites for hydroxylation is 2. The highest BCUT2D eigenvalue weighted by atomic mass is 32.1. The fraction of sp³-hybridized carbons (Fsp3) is 0.136. The number of rotatable bonds is 5. The average molecular weight is 376 g/mol. The molecule has 0 amide bonds. The third-order valence-electron chi connectivity index (χ3n) is 4.82. The number of fused-ring (bicyclic) bond motifs is 1. The number of nitrogens with zero attached hydrogens (tertiary/aromatic N) is 1. The van der Waals surface area contributed by atoms with Crippen molar-refractivity contribution in [1.29, 1.82) is 0 Å². The topological polar surface area (TPSA) is 54.3 Å². The van der Waals surface area contributed by atoms with Gasteiger partial charge in [0.25, 0.3) is 0 Å². The van der Waals surface area contributed by atoms with E-state index in [2.05, 4.69) is 60.3 Å². The standard InChI is InChI=1S/C22H20N2O2S/c1-14-7-8-17(11-15(14)2)23-12-16-13-24(19-6-4-3-5-18(16)19)21-10-9-20(27-21)22(25)26/h3-11,13,23H,12H2,1-2H3,(H,25,26). The van der Waals surface area contributed by atoms with Crippen molar-refractivity contribution in [2.75, 3.05) is 5.32 Å². The Morgan fingerprint density at radius 2 is 1.89 bits per heavy atom. The SMILES string of the molecule is Cc1ccc(NCc2cn(-c3ccc(C(=O)O)s3)c3ccccc23)cc1C. The second kappa shape index (κ2) is 6.93. The van der Waals surface area contributed by atoms with Gasteiger partial charge in [-0.05, 0) is 60.9 Å². The molecule has 4 aromatic rings. The molecule has 2 N–H and O–H groups in total. The molecule has 27 heavy (non-hydrogen) atoms. The van der Waals surface area contributed by atoms with Crippen LogP contribution in [-0.2, 0) is 6.54 Å². The summed E-state index contributed by atoms with van der Waals surface area (Å²) in [5.74, 6) is -0.889. The number of hydrogen-bond acceptors (Lipinski definition) is 3. The summed E-state index contributed by atoms with van der Waals surface area (Å²) in [5, 5.41) is 14.8. The first-order valence-electron chi connectivity index (χ1n) is 8.76. The van der Waals surface area contributed by atoms with Crippen LogP contribution < -0.4 is 5.32 Å². The first kappa shape index (κ1) is 17.4. The molecule has 0 fully saturated rings. The van der Waals surface area contributed by atoms with E-state index in [4.69, 9.17) is 0 Å². The Kier molecular flexibility index (Phi) is 4.46. The summed E-state index contributed by atoms with van der Waals surface area (Å²) < 4.78 is 2.07. The van der Waals surface area contributed by atoms with Crippen molar-refractivity contribution in [3.05, 3.63) is 82.4 Å². The van der Waals surface area contributed by atoms with Crippen molar-refractivity contribution in [2.45, 2.75) is 20.4 Å². The molecular formula is C22H20N2O2S. The zero-order chi connectivity index (χ0) is 19.0. The van der Waals surface area contributed by atoms with Crippen LogP contribution in [0.2, 0.25) is 0 Å². The third kappa shape index (κ3) is 3.34. The number of para-hydroxylation sites is 1. The molecule has 4 nitrogen and oxygen atoms in total. The van der Waals surface area contributed by atoms with Crippen LogP contribution in [0.3, 0.4) is 0 Å². The van der Waals surface area contributed by atoms with Gasteiger partial charge in [0.2, 0.25) is 0 Å². The van der Waals surface area contributed by atoms with Gasteiger partial charge in [-0.25, -0.2) is 4.79 Å². The van der Waals surface area contributed by atoms with Crippen molar-refractivity contribution in [3.63, 3.8) is 0 Å². The van der Waals surface area contributed by atoms with Crippen LogP contribution >= 0.6 is 11.3 Å². The van der Waals surface area contributed by atoms with E-state index in [1.54, 1.807) is 6.07 Å². The number of nitrogens with one attached hydrogen (secondary N) is 1. The van der Waals surface area contributed by atoms with E-state index < -0.39 is 5.97 Å². The highest BCUT2D eigenvalue weighted by Crippen LogP contribution is 2.29. The van der Waals surface area contributed by atoms with Gasteiger partial charge in [0.1, 0.15) is 9.88 Å². The predicted molar refractivity (Wildman–Crippen MR) is 111 cm³/mol. The summed E-state index contributed by atoms with van der Waals surface area (Å²) in [6.07, 6.45) is 2.09. The molecule has 2 heterocycles. The zero-order valence-corrected chi connectivity index (χ0v) is 16.0. The van der Waals surface area contributed by atoms with Crippen molar-refractivity contribution >= 4 is 33.9 Å². The minimum absolute atomic E-state index is 0.345. The summed E-state index contributed by atoms with van der Waals surface area (Å²) in [7, 11) is 0. The average Bonchev–Trinajstić information content (AvgIpc) is 3.28. The Labute approximate surface area is 161 Å². The fourth-order valence-electron chi connectivity index (χ4n) is 3.19. The van der Waals surface area contributed by atoms with Gasteiger partial charge in [-0.2, -0.15) is 0 Å². The summed E-state index contributed by atoms with van der Waals surface area (Å²) in [6.45, 7) is 4.93. The highest BCUT2D eigenvalue weighted by Gasteiger charge is 2.13. The molecule has 136 valence electrons. The van der Waals surface area contributed by atoms with Crippen LogP contribution in [0.15, 0.2) is 60.8 Å². The maximum atomic E-state index is 11.2. The lowest BCUT2D eigenvalue weighted by Gasteiger charge is -2.08. The van der Waals surface area contributed by atoms with Crippen LogP contribution in [0.5, 0.6) is 0 Å². The monoisotopic (exact) mass is 376 g/mol. The van der Waals surface area contributed by atoms with Gasteiger partial charge < -0.3 is 15.0 Å². The first-order valence-corrected chi connectivity index (χ1v) is 9.58. The van der Waals surface area contributed by atoms with Gasteiger partial charge >= 0.3 is 5.97 Å². The lowest BCUT2D eigenvalue weighted by Crippen LogP contribution is -1.99. The number of aromatic nitrogens is 1. The van der Waals surface area contributed by atoms with Gasteiger partial charge in [0, 0.05) is 23.8 Å². The summed E-state index contributed by atoms with van der Waals surface area (Å²) in [5.41, 5.74) is 5.90. The molecule has 0 aliphatic heterocycles. The normalized spacial score (nSPS) is 11.0. The second-order valence-corrected chi connectivity index (χ2v) is 7.70. The van der Waals surface area contributed by atoms with E-state index in [-0.39, 0.29) is 0 Å². The maximum Gasteiger partial charge on any atom is 0.345 e. The van der Waals surface area contributed by atoms with Crippen molar-refractivity contribution < 1.29 is 9.90 Å². The quantitative estimate of drug-likeness (QED) is 0.475. The molecular weight excluding hydrogens is 356 g/mol. The molecule has 2 aromatic heterocycles. The molecule has 4 rings (SSSR count). The lowest BCUT2D eigenvalue weighted by molar-refractivity contribution is 0.0702. The van der Waals surface area contributed by atoms with Crippen LogP contribution in [0.4, 0.5) is 5.69 Å². The van der Waals surface area contributed by atoms with E-state index in [1.165, 1.54) is 33.4 Å². The molecule has 0 atom stereocenters. The van der Waals surface area contributed by atoms with E-state index in [9.17, 15) is 9.90 Å². The molecule has 0 saturated carbocycles. The molecule has 0 saturated heterocycles. The molecule has 0 aliphatic carbocycles.